The summed E-state index contributed by atoms with van der Waals surface area (Å²) in [7, 11) is 0. The molecule has 3 rings (SSSR count). The molecule has 2 aliphatic heterocycles. The zero-order valence-corrected chi connectivity index (χ0v) is 18.9. The molecule has 2 fully saturated rings. The second kappa shape index (κ2) is 15.0. The van der Waals surface area contributed by atoms with E-state index in [0.717, 1.165) is 71.6 Å². The van der Waals surface area contributed by atoms with Crippen molar-refractivity contribution in [3.05, 3.63) is 35.9 Å². The van der Waals surface area contributed by atoms with Gasteiger partial charge in [0.05, 0.1) is 6.10 Å². The molecular weight excluding hydrogens is 409 g/mol. The van der Waals surface area contributed by atoms with Gasteiger partial charge in [0.15, 0.2) is 0 Å². The van der Waals surface area contributed by atoms with Crippen LogP contribution in [0.15, 0.2) is 30.3 Å². The van der Waals surface area contributed by atoms with Gasteiger partial charge in [0.1, 0.15) is 0 Å². The third kappa shape index (κ3) is 10.1. The summed E-state index contributed by atoms with van der Waals surface area (Å²) in [6.45, 7) is 6.90. The lowest BCUT2D eigenvalue weighted by Gasteiger charge is -2.32. The number of carbonyl (C=O) groups is 1. The third-order valence-corrected chi connectivity index (χ3v) is 5.72. The number of ether oxygens (including phenoxy) is 1. The summed E-state index contributed by atoms with van der Waals surface area (Å²) in [4.78, 5) is 14.4. The predicted molar refractivity (Wildman–Crippen MR) is 123 cm³/mol. The van der Waals surface area contributed by atoms with Gasteiger partial charge in [0.25, 0.3) is 0 Å². The SMILES string of the molecule is Cl.Cl.O=C(CCC1CCNC1)NCCCOC1CCN(Cc2ccccc2)CC1. The smallest absolute Gasteiger partial charge is 0.220 e. The molecular formula is C22H37Cl2N3O2. The Bertz CT molecular complexity index is 548. The van der Waals surface area contributed by atoms with Gasteiger partial charge in [-0.25, -0.2) is 0 Å². The Morgan fingerprint density at radius 2 is 1.90 bits per heavy atom. The Balaban J connectivity index is 0.00000210. The van der Waals surface area contributed by atoms with E-state index in [-0.39, 0.29) is 30.7 Å². The largest absolute Gasteiger partial charge is 0.378 e. The molecule has 5 nitrogen and oxygen atoms in total. The highest BCUT2D eigenvalue weighted by Crippen LogP contribution is 2.16. The van der Waals surface area contributed by atoms with Crippen LogP contribution in [-0.4, -0.2) is 56.2 Å². The minimum absolute atomic E-state index is 0. The van der Waals surface area contributed by atoms with E-state index in [4.69, 9.17) is 4.74 Å². The molecule has 2 aliphatic rings. The van der Waals surface area contributed by atoms with E-state index >= 15 is 0 Å². The zero-order chi connectivity index (χ0) is 18.7. The van der Waals surface area contributed by atoms with Crippen LogP contribution in [0.4, 0.5) is 0 Å². The molecule has 1 unspecified atom stereocenters. The molecule has 1 amide bonds. The first-order valence-electron chi connectivity index (χ1n) is 10.6. The van der Waals surface area contributed by atoms with Crippen molar-refractivity contribution in [3.63, 3.8) is 0 Å². The van der Waals surface area contributed by atoms with Crippen molar-refractivity contribution in [1.29, 1.82) is 0 Å². The van der Waals surface area contributed by atoms with Crippen molar-refractivity contribution >= 4 is 30.7 Å². The van der Waals surface area contributed by atoms with Gasteiger partial charge in [-0.3, -0.25) is 9.69 Å². The Kier molecular flexibility index (Phi) is 13.6. The molecule has 0 saturated carbocycles. The number of halogens is 2. The topological polar surface area (TPSA) is 53.6 Å². The van der Waals surface area contributed by atoms with Gasteiger partial charge >= 0.3 is 0 Å². The Hall–Kier alpha value is -0.850. The van der Waals surface area contributed by atoms with Gasteiger partial charge in [-0.15, -0.1) is 24.8 Å². The summed E-state index contributed by atoms with van der Waals surface area (Å²) in [5, 5.41) is 6.38. The Morgan fingerprint density at radius 3 is 2.59 bits per heavy atom. The van der Waals surface area contributed by atoms with Crippen molar-refractivity contribution < 1.29 is 9.53 Å². The van der Waals surface area contributed by atoms with E-state index in [9.17, 15) is 4.79 Å². The number of hydrogen-bond donors (Lipinski definition) is 2. The molecule has 1 aromatic rings. The monoisotopic (exact) mass is 445 g/mol. The number of piperidine rings is 1. The van der Waals surface area contributed by atoms with Gasteiger partial charge in [-0.1, -0.05) is 30.3 Å². The fraction of sp³-hybridized carbons (Fsp3) is 0.682. The number of amides is 1. The van der Waals surface area contributed by atoms with Crippen LogP contribution in [-0.2, 0) is 16.1 Å². The quantitative estimate of drug-likeness (QED) is 0.541. The van der Waals surface area contributed by atoms with Crippen LogP contribution in [0.25, 0.3) is 0 Å². The van der Waals surface area contributed by atoms with Gasteiger partial charge in [-0.05, 0) is 56.7 Å². The summed E-state index contributed by atoms with van der Waals surface area (Å²) >= 11 is 0. The maximum Gasteiger partial charge on any atom is 0.220 e. The van der Waals surface area contributed by atoms with Crippen LogP contribution < -0.4 is 10.6 Å². The van der Waals surface area contributed by atoms with Crippen LogP contribution in [0, 0.1) is 5.92 Å². The van der Waals surface area contributed by atoms with E-state index in [1.165, 1.54) is 12.0 Å². The zero-order valence-electron chi connectivity index (χ0n) is 17.3. The van der Waals surface area contributed by atoms with Gasteiger partial charge in [-0.2, -0.15) is 0 Å². The number of hydrogen-bond acceptors (Lipinski definition) is 4. The lowest BCUT2D eigenvalue weighted by atomic mass is 10.0. The molecule has 1 aromatic carbocycles. The van der Waals surface area contributed by atoms with Gasteiger partial charge < -0.3 is 15.4 Å². The van der Waals surface area contributed by atoms with E-state index in [2.05, 4.69) is 45.9 Å². The van der Waals surface area contributed by atoms with Crippen molar-refractivity contribution in [1.82, 2.24) is 15.5 Å². The Labute approximate surface area is 188 Å². The van der Waals surface area contributed by atoms with Crippen molar-refractivity contribution in [2.24, 2.45) is 5.92 Å². The molecule has 0 bridgehead atoms. The number of carbonyl (C=O) groups excluding carboxylic acids is 1. The van der Waals surface area contributed by atoms with Gasteiger partial charge in [0, 0.05) is 39.2 Å². The normalized spacial score (nSPS) is 19.9. The van der Waals surface area contributed by atoms with Crippen LogP contribution in [0.1, 0.15) is 44.1 Å². The first-order chi connectivity index (χ1) is 13.3. The van der Waals surface area contributed by atoms with Crippen LogP contribution >= 0.6 is 24.8 Å². The molecule has 1 atom stereocenters. The van der Waals surface area contributed by atoms with Crippen molar-refractivity contribution in [2.45, 2.75) is 51.2 Å². The fourth-order valence-electron chi connectivity index (χ4n) is 4.01. The fourth-order valence-corrected chi connectivity index (χ4v) is 4.01. The molecule has 166 valence electrons. The molecule has 7 heteroatoms. The summed E-state index contributed by atoms with van der Waals surface area (Å²) in [6, 6.07) is 10.7. The van der Waals surface area contributed by atoms with E-state index < -0.39 is 0 Å². The average Bonchev–Trinajstić information content (AvgIpc) is 3.22. The lowest BCUT2D eigenvalue weighted by molar-refractivity contribution is -0.121. The third-order valence-electron chi connectivity index (χ3n) is 5.72. The molecule has 2 heterocycles. The number of nitrogens with zero attached hydrogens (tertiary/aromatic N) is 1. The number of nitrogens with one attached hydrogen (secondary N) is 2. The van der Waals surface area contributed by atoms with Crippen LogP contribution in [0.3, 0.4) is 0 Å². The molecule has 2 N–H and O–H groups in total. The number of likely N-dealkylation sites (tertiary alicyclic amines) is 1. The van der Waals surface area contributed by atoms with Crippen molar-refractivity contribution in [2.75, 3.05) is 39.3 Å². The molecule has 0 aromatic heterocycles. The van der Waals surface area contributed by atoms with Crippen LogP contribution in [0.5, 0.6) is 0 Å². The average molecular weight is 446 g/mol. The minimum Gasteiger partial charge on any atom is -0.378 e. The molecule has 29 heavy (non-hydrogen) atoms. The summed E-state index contributed by atoms with van der Waals surface area (Å²) in [6.07, 6.45) is 6.38. The van der Waals surface area contributed by atoms with E-state index in [1.54, 1.807) is 0 Å². The Morgan fingerprint density at radius 1 is 1.14 bits per heavy atom. The minimum atomic E-state index is 0. The van der Waals surface area contributed by atoms with Crippen LogP contribution in [0.2, 0.25) is 0 Å². The first kappa shape index (κ1) is 26.2. The maximum absolute atomic E-state index is 11.9. The second-order valence-electron chi connectivity index (χ2n) is 7.93. The summed E-state index contributed by atoms with van der Waals surface area (Å²) in [5.41, 5.74) is 1.39. The summed E-state index contributed by atoms with van der Waals surface area (Å²) in [5.74, 6) is 0.878. The lowest BCUT2D eigenvalue weighted by Crippen LogP contribution is -2.36. The highest BCUT2D eigenvalue weighted by atomic mass is 35.5. The predicted octanol–water partition coefficient (Wildman–Crippen LogP) is 3.41. The highest BCUT2D eigenvalue weighted by Gasteiger charge is 2.19. The number of rotatable bonds is 10. The van der Waals surface area contributed by atoms with Crippen molar-refractivity contribution in [3.8, 4) is 0 Å². The van der Waals surface area contributed by atoms with E-state index in [0.29, 0.717) is 18.4 Å². The standard InChI is InChI=1S/C22H35N3O2.2ClH/c26-22(8-7-19-9-13-23-17-19)24-12-4-16-27-21-10-14-25(15-11-21)18-20-5-2-1-3-6-20;;/h1-3,5-6,19,21,23H,4,7-18H2,(H,24,26);2*1H. The molecule has 2 saturated heterocycles. The number of benzene rings is 1. The second-order valence-corrected chi connectivity index (χ2v) is 7.93. The highest BCUT2D eigenvalue weighted by molar-refractivity contribution is 5.85. The molecule has 0 radical (unpaired) electrons. The van der Waals surface area contributed by atoms with Gasteiger partial charge in [0.2, 0.25) is 5.91 Å². The maximum atomic E-state index is 11.9. The molecule has 0 spiro atoms. The summed E-state index contributed by atoms with van der Waals surface area (Å²) < 4.78 is 6.02. The first-order valence-corrected chi connectivity index (χ1v) is 10.6. The van der Waals surface area contributed by atoms with E-state index in [1.807, 2.05) is 0 Å². The molecule has 0 aliphatic carbocycles.